The number of rotatable bonds is 40. The number of esters is 2. The summed E-state index contributed by atoms with van der Waals surface area (Å²) in [7, 11) is -9.66. The number of ether oxygens (including phenoxy) is 2. The maximum atomic E-state index is 12.6. The van der Waals surface area contributed by atoms with Crippen LogP contribution in [0.2, 0.25) is 0 Å². The number of hydrogen-bond acceptors (Lipinski definition) is 10. The van der Waals surface area contributed by atoms with E-state index in [0.29, 0.717) is 12.8 Å². The van der Waals surface area contributed by atoms with E-state index < -0.39 is 59.6 Å². The lowest BCUT2D eigenvalue weighted by molar-refractivity contribution is -0.161. The van der Waals surface area contributed by atoms with Gasteiger partial charge in [-0.15, -0.1) is 0 Å². The molecule has 0 saturated heterocycles. The van der Waals surface area contributed by atoms with Crippen molar-refractivity contribution in [3.63, 3.8) is 0 Å². The third kappa shape index (κ3) is 40.6. The summed E-state index contributed by atoms with van der Waals surface area (Å²) in [5.41, 5.74) is 0. The number of carbonyl (C=O) groups is 2. The molecule has 0 aliphatic carbocycles. The van der Waals surface area contributed by atoms with Crippen molar-refractivity contribution in [2.45, 2.75) is 193 Å². The van der Waals surface area contributed by atoms with Gasteiger partial charge in [-0.2, -0.15) is 0 Å². The molecule has 3 atom stereocenters. The molecule has 0 rings (SSSR count). The minimum atomic E-state index is -4.86. The zero-order valence-electron chi connectivity index (χ0n) is 34.0. The first-order chi connectivity index (χ1) is 26.4. The van der Waals surface area contributed by atoms with Gasteiger partial charge < -0.3 is 29.3 Å². The van der Waals surface area contributed by atoms with Crippen molar-refractivity contribution in [1.82, 2.24) is 0 Å². The van der Waals surface area contributed by atoms with Crippen LogP contribution in [0.25, 0.3) is 0 Å². The molecule has 0 heterocycles. The highest BCUT2D eigenvalue weighted by Crippen LogP contribution is 2.43. The number of phosphoric acid groups is 2. The molecule has 0 saturated carbocycles. The first-order valence-corrected chi connectivity index (χ1v) is 24.1. The lowest BCUT2D eigenvalue weighted by Gasteiger charge is -2.20. The van der Waals surface area contributed by atoms with Crippen LogP contribution in [0.1, 0.15) is 181 Å². The Bertz CT molecular complexity index is 1080. The number of aliphatic hydroxyl groups excluding tert-OH is 1. The SMILES string of the molecule is CCCCCCC=CCCCCCCCCCC(=O)OC(COC(=O)CCCCCCCC=CCCCCCC)COP(=O)(O)OCC(O)COP(=O)(O)O. The van der Waals surface area contributed by atoms with E-state index in [4.69, 9.17) is 23.8 Å². The molecule has 0 aromatic heterocycles. The Hall–Kier alpha value is -1.40. The molecule has 0 spiro atoms. The molecule has 0 amide bonds. The molecule has 0 radical (unpaired) electrons. The van der Waals surface area contributed by atoms with Crippen LogP contribution in [0.4, 0.5) is 0 Å². The molecule has 55 heavy (non-hydrogen) atoms. The third-order valence-electron chi connectivity index (χ3n) is 8.80. The van der Waals surface area contributed by atoms with Crippen LogP contribution in [0.15, 0.2) is 24.3 Å². The van der Waals surface area contributed by atoms with E-state index in [-0.39, 0.29) is 19.4 Å². The van der Waals surface area contributed by atoms with Crippen LogP contribution in [-0.2, 0) is 41.8 Å². The van der Waals surface area contributed by atoms with E-state index in [1.807, 2.05) is 0 Å². The first kappa shape index (κ1) is 53.6. The van der Waals surface area contributed by atoms with Gasteiger partial charge in [-0.1, -0.05) is 128 Å². The van der Waals surface area contributed by atoms with E-state index in [0.717, 1.165) is 70.6 Å². The Labute approximate surface area is 332 Å². The summed E-state index contributed by atoms with van der Waals surface area (Å²) in [4.78, 5) is 52.6. The second kappa shape index (κ2) is 36.9. The Morgan fingerprint density at radius 3 is 1.35 bits per heavy atom. The van der Waals surface area contributed by atoms with Gasteiger partial charge in [-0.25, -0.2) is 9.13 Å². The smallest absolute Gasteiger partial charge is 0.462 e. The Kier molecular flexibility index (Phi) is 36.0. The molecular weight excluding hydrogens is 750 g/mol. The van der Waals surface area contributed by atoms with E-state index in [9.17, 15) is 28.7 Å². The molecule has 0 aliphatic rings. The second-order valence-electron chi connectivity index (χ2n) is 14.3. The van der Waals surface area contributed by atoms with Crippen molar-refractivity contribution < 1.29 is 61.6 Å². The van der Waals surface area contributed by atoms with Crippen LogP contribution < -0.4 is 0 Å². The molecule has 15 heteroatoms. The highest BCUT2D eigenvalue weighted by molar-refractivity contribution is 7.47. The summed E-state index contributed by atoms with van der Waals surface area (Å²) in [5.74, 6) is -1.04. The van der Waals surface area contributed by atoms with Gasteiger partial charge in [0.05, 0.1) is 19.8 Å². The van der Waals surface area contributed by atoms with Gasteiger partial charge in [-0.3, -0.25) is 23.2 Å². The van der Waals surface area contributed by atoms with Crippen LogP contribution in [0.5, 0.6) is 0 Å². The second-order valence-corrected chi connectivity index (χ2v) is 16.9. The number of aliphatic hydroxyl groups is 1. The molecule has 324 valence electrons. The van der Waals surface area contributed by atoms with Crippen molar-refractivity contribution in [3.05, 3.63) is 24.3 Å². The normalized spacial score (nSPS) is 14.4. The lowest BCUT2D eigenvalue weighted by Crippen LogP contribution is -2.30. The van der Waals surface area contributed by atoms with E-state index >= 15 is 0 Å². The zero-order valence-corrected chi connectivity index (χ0v) is 35.8. The fourth-order valence-corrected chi connectivity index (χ4v) is 6.73. The van der Waals surface area contributed by atoms with Gasteiger partial charge in [-0.05, 0) is 64.2 Å². The van der Waals surface area contributed by atoms with Crippen LogP contribution in [0.3, 0.4) is 0 Å². The molecule has 13 nitrogen and oxygen atoms in total. The molecule has 3 unspecified atom stereocenters. The highest BCUT2D eigenvalue weighted by Gasteiger charge is 2.28. The van der Waals surface area contributed by atoms with Gasteiger partial charge in [0.25, 0.3) is 0 Å². The van der Waals surface area contributed by atoms with E-state index in [1.165, 1.54) is 70.6 Å². The zero-order chi connectivity index (χ0) is 40.9. The minimum absolute atomic E-state index is 0.126. The largest absolute Gasteiger partial charge is 0.472 e. The summed E-state index contributed by atoms with van der Waals surface area (Å²) in [6, 6.07) is 0. The maximum Gasteiger partial charge on any atom is 0.472 e. The summed E-state index contributed by atoms with van der Waals surface area (Å²) < 4.78 is 47.7. The average Bonchev–Trinajstić information content (AvgIpc) is 3.14. The quantitative estimate of drug-likeness (QED) is 0.0197. The fourth-order valence-electron chi connectivity index (χ4n) is 5.57. The van der Waals surface area contributed by atoms with Gasteiger partial charge in [0.2, 0.25) is 0 Å². The third-order valence-corrected chi connectivity index (χ3v) is 10.2. The average molecular weight is 827 g/mol. The van der Waals surface area contributed by atoms with Crippen LogP contribution >= 0.6 is 15.6 Å². The number of unbranched alkanes of at least 4 members (excludes halogenated alkanes) is 20. The summed E-state index contributed by atoms with van der Waals surface area (Å²) >= 11 is 0. The van der Waals surface area contributed by atoms with Crippen LogP contribution in [0, 0.1) is 0 Å². The summed E-state index contributed by atoms with van der Waals surface area (Å²) in [6.07, 6.45) is 33.1. The van der Waals surface area contributed by atoms with Gasteiger partial charge in [0.15, 0.2) is 6.10 Å². The van der Waals surface area contributed by atoms with Crippen molar-refractivity contribution in [2.24, 2.45) is 0 Å². The molecule has 0 bridgehead atoms. The Balaban J connectivity index is 4.55. The number of phosphoric ester groups is 2. The topological polar surface area (TPSA) is 195 Å². The standard InChI is InChI=1S/C40H76O13P2/c1-3-5-7-9-11-13-15-17-18-20-22-24-26-28-30-32-40(43)53-38(36-52-55(47,48)51-34-37(41)33-50-54(44,45)46)35-49-39(42)31-29-27-25-23-21-19-16-14-12-10-8-6-4-2/h13-16,37-38,41H,3-12,17-36H2,1-2H3,(H,47,48)(H2,44,45,46). The van der Waals surface area contributed by atoms with E-state index in [1.54, 1.807) is 0 Å². The molecule has 0 aromatic rings. The molecule has 0 aromatic carbocycles. The number of hydrogen-bond donors (Lipinski definition) is 4. The van der Waals surface area contributed by atoms with Crippen LogP contribution in [-0.4, -0.2) is 70.4 Å². The predicted octanol–water partition coefficient (Wildman–Crippen LogP) is 10.3. The van der Waals surface area contributed by atoms with E-state index in [2.05, 4.69) is 47.2 Å². The van der Waals surface area contributed by atoms with Gasteiger partial charge in [0, 0.05) is 12.8 Å². The van der Waals surface area contributed by atoms with Gasteiger partial charge in [0.1, 0.15) is 12.7 Å². The molecule has 0 aliphatic heterocycles. The summed E-state index contributed by atoms with van der Waals surface area (Å²) in [6.45, 7) is 1.72. The summed E-state index contributed by atoms with van der Waals surface area (Å²) in [5, 5.41) is 9.73. The molecular formula is C40H76O13P2. The lowest BCUT2D eigenvalue weighted by atomic mass is 10.1. The number of allylic oxidation sites excluding steroid dienone is 4. The molecule has 4 N–H and O–H groups in total. The van der Waals surface area contributed by atoms with Crippen molar-refractivity contribution in [3.8, 4) is 0 Å². The maximum absolute atomic E-state index is 12.6. The number of carbonyl (C=O) groups excluding carboxylic acids is 2. The fraction of sp³-hybridized carbons (Fsp3) is 0.850. The van der Waals surface area contributed by atoms with Gasteiger partial charge >= 0.3 is 27.6 Å². The highest BCUT2D eigenvalue weighted by atomic mass is 31.2. The Morgan fingerprint density at radius 1 is 0.509 bits per heavy atom. The van der Waals surface area contributed by atoms with Crippen molar-refractivity contribution in [2.75, 3.05) is 26.4 Å². The van der Waals surface area contributed by atoms with Crippen molar-refractivity contribution >= 4 is 27.6 Å². The predicted molar refractivity (Wildman–Crippen MR) is 216 cm³/mol. The minimum Gasteiger partial charge on any atom is -0.462 e. The Morgan fingerprint density at radius 2 is 0.891 bits per heavy atom. The van der Waals surface area contributed by atoms with Crippen molar-refractivity contribution in [1.29, 1.82) is 0 Å². The first-order valence-electron chi connectivity index (χ1n) is 21.0. The molecule has 0 fully saturated rings. The monoisotopic (exact) mass is 826 g/mol.